The highest BCUT2D eigenvalue weighted by molar-refractivity contribution is 6.31. The van der Waals surface area contributed by atoms with Gasteiger partial charge in [-0.2, -0.15) is 0 Å². The zero-order valence-corrected chi connectivity index (χ0v) is 16.9. The number of Topliss-reactive ketones (excluding diaryl/α,β-unsaturated/α-hetero) is 1. The fraction of sp³-hybridized carbons (Fsp3) is 0.333. The van der Waals surface area contributed by atoms with E-state index in [-0.39, 0.29) is 53.2 Å². The van der Waals surface area contributed by atoms with Gasteiger partial charge in [0, 0.05) is 17.9 Å². The maximum atomic E-state index is 14.6. The van der Waals surface area contributed by atoms with Gasteiger partial charge in [-0.3, -0.25) is 4.79 Å². The van der Waals surface area contributed by atoms with Crippen molar-refractivity contribution in [2.45, 2.75) is 24.5 Å². The summed E-state index contributed by atoms with van der Waals surface area (Å²) in [6.45, 7) is -0.912. The molecule has 31 heavy (non-hydrogen) atoms. The SMILES string of the molecule is C#CCOc1cnc(C(=O)Cc2cc(F)c(Cl)c([C@]3(CF)N=C(N)O[C@H]4C[C@H]43)c2)cn1. The number of carbonyl (C=O) groups is 1. The summed E-state index contributed by atoms with van der Waals surface area (Å²) >= 11 is 6.18. The molecule has 1 aromatic carbocycles. The van der Waals surface area contributed by atoms with Crippen LogP contribution in [0.15, 0.2) is 29.5 Å². The molecule has 0 bridgehead atoms. The van der Waals surface area contributed by atoms with Crippen LogP contribution < -0.4 is 10.5 Å². The molecule has 0 amide bonds. The quantitative estimate of drug-likeness (QED) is 0.518. The topological polar surface area (TPSA) is 99.7 Å². The molecule has 10 heteroatoms. The normalized spacial score (nSPS) is 23.7. The number of ketones is 1. The zero-order valence-electron chi connectivity index (χ0n) is 16.1. The summed E-state index contributed by atoms with van der Waals surface area (Å²) in [5, 5.41) is -0.257. The Morgan fingerprint density at radius 3 is 2.90 bits per heavy atom. The fourth-order valence-electron chi connectivity index (χ4n) is 3.71. The van der Waals surface area contributed by atoms with E-state index in [4.69, 9.17) is 33.2 Å². The minimum absolute atomic E-state index is 0.0189. The fourth-order valence-corrected chi connectivity index (χ4v) is 3.99. The molecule has 2 aromatic rings. The van der Waals surface area contributed by atoms with Crippen LogP contribution in [0.1, 0.15) is 28.0 Å². The largest absolute Gasteiger partial charge is 0.463 e. The Kier molecular flexibility index (Phi) is 5.50. The lowest BCUT2D eigenvalue weighted by molar-refractivity contribution is 0.0987. The van der Waals surface area contributed by atoms with Crippen LogP contribution in [-0.4, -0.2) is 41.2 Å². The number of nitrogens with two attached hydrogens (primary N) is 1. The van der Waals surface area contributed by atoms with Gasteiger partial charge in [0.25, 0.3) is 6.02 Å². The van der Waals surface area contributed by atoms with Gasteiger partial charge in [-0.25, -0.2) is 23.7 Å². The van der Waals surface area contributed by atoms with Gasteiger partial charge in [0.1, 0.15) is 29.8 Å². The monoisotopic (exact) mass is 446 g/mol. The predicted molar refractivity (Wildman–Crippen MR) is 108 cm³/mol. The molecule has 7 nitrogen and oxygen atoms in total. The Morgan fingerprint density at radius 2 is 2.23 bits per heavy atom. The van der Waals surface area contributed by atoms with Crippen molar-refractivity contribution in [3.05, 3.63) is 52.2 Å². The number of alkyl halides is 1. The smallest absolute Gasteiger partial charge is 0.283 e. The number of hydrogen-bond donors (Lipinski definition) is 1. The van der Waals surface area contributed by atoms with E-state index in [9.17, 15) is 13.6 Å². The molecule has 0 spiro atoms. The van der Waals surface area contributed by atoms with Crippen molar-refractivity contribution in [2.75, 3.05) is 13.3 Å². The molecule has 3 atom stereocenters. The number of aromatic nitrogens is 2. The molecule has 2 heterocycles. The zero-order chi connectivity index (χ0) is 22.2. The Balaban J connectivity index is 1.62. The summed E-state index contributed by atoms with van der Waals surface area (Å²) in [4.78, 5) is 24.7. The maximum Gasteiger partial charge on any atom is 0.283 e. The third-order valence-corrected chi connectivity index (χ3v) is 5.65. The molecule has 1 fully saturated rings. The second-order valence-electron chi connectivity index (χ2n) is 7.28. The molecule has 2 aliphatic rings. The van der Waals surface area contributed by atoms with Crippen LogP contribution in [-0.2, 0) is 16.7 Å². The lowest BCUT2D eigenvalue weighted by atomic mass is 9.84. The Bertz CT molecular complexity index is 1100. The van der Waals surface area contributed by atoms with Crippen molar-refractivity contribution in [1.82, 2.24) is 9.97 Å². The predicted octanol–water partition coefficient (Wildman–Crippen LogP) is 2.60. The molecule has 0 radical (unpaired) electrons. The van der Waals surface area contributed by atoms with Gasteiger partial charge in [-0.05, 0) is 18.1 Å². The molecule has 4 rings (SSSR count). The lowest BCUT2D eigenvalue weighted by Crippen LogP contribution is -2.39. The van der Waals surface area contributed by atoms with Crippen molar-refractivity contribution in [3.63, 3.8) is 0 Å². The van der Waals surface area contributed by atoms with Crippen LogP contribution >= 0.6 is 11.6 Å². The number of terminal acetylenes is 1. The number of hydrogen-bond acceptors (Lipinski definition) is 7. The van der Waals surface area contributed by atoms with E-state index in [1.807, 2.05) is 0 Å². The number of amidine groups is 1. The van der Waals surface area contributed by atoms with E-state index in [2.05, 4.69) is 20.9 Å². The van der Waals surface area contributed by atoms with Gasteiger partial charge < -0.3 is 15.2 Å². The van der Waals surface area contributed by atoms with Gasteiger partial charge in [0.2, 0.25) is 5.88 Å². The lowest BCUT2D eigenvalue weighted by Gasteiger charge is -2.32. The van der Waals surface area contributed by atoms with E-state index in [0.717, 1.165) is 6.07 Å². The van der Waals surface area contributed by atoms with Crippen molar-refractivity contribution < 1.29 is 23.0 Å². The first-order chi connectivity index (χ1) is 14.9. The molecule has 0 unspecified atom stereocenters. The average molecular weight is 447 g/mol. The van der Waals surface area contributed by atoms with Crippen molar-refractivity contribution in [2.24, 2.45) is 16.6 Å². The molecule has 2 N–H and O–H groups in total. The number of ether oxygens (including phenoxy) is 2. The second-order valence-corrected chi connectivity index (χ2v) is 7.66. The highest BCUT2D eigenvalue weighted by Gasteiger charge is 2.60. The van der Waals surface area contributed by atoms with Crippen LogP contribution in [0.4, 0.5) is 8.78 Å². The number of halogens is 3. The number of rotatable bonds is 7. The van der Waals surface area contributed by atoms with E-state index >= 15 is 0 Å². The second kappa shape index (κ2) is 8.12. The first-order valence-corrected chi connectivity index (χ1v) is 9.73. The number of nitrogens with zero attached hydrogens (tertiary/aromatic N) is 3. The van der Waals surface area contributed by atoms with E-state index in [1.165, 1.54) is 18.5 Å². The van der Waals surface area contributed by atoms with Crippen LogP contribution in [0.25, 0.3) is 0 Å². The number of carbonyl (C=O) groups excluding carboxylic acids is 1. The minimum Gasteiger partial charge on any atom is -0.463 e. The Hall–Kier alpha value is -3.25. The molecule has 1 saturated carbocycles. The van der Waals surface area contributed by atoms with Gasteiger partial charge in [0.15, 0.2) is 12.4 Å². The molecule has 1 aromatic heterocycles. The average Bonchev–Trinajstić information content (AvgIpc) is 3.54. The van der Waals surface area contributed by atoms with Crippen LogP contribution in [0.3, 0.4) is 0 Å². The highest BCUT2D eigenvalue weighted by atomic mass is 35.5. The van der Waals surface area contributed by atoms with Crippen LogP contribution in [0.5, 0.6) is 5.88 Å². The molecule has 160 valence electrons. The molecule has 1 aliphatic heterocycles. The highest BCUT2D eigenvalue weighted by Crippen LogP contribution is 2.54. The first-order valence-electron chi connectivity index (χ1n) is 9.35. The summed E-state index contributed by atoms with van der Waals surface area (Å²) < 4.78 is 39.3. The summed E-state index contributed by atoms with van der Waals surface area (Å²) in [7, 11) is 0. The van der Waals surface area contributed by atoms with Gasteiger partial charge in [-0.1, -0.05) is 23.6 Å². The van der Waals surface area contributed by atoms with Crippen molar-refractivity contribution in [1.29, 1.82) is 0 Å². The van der Waals surface area contributed by atoms with E-state index in [1.54, 1.807) is 0 Å². The summed E-state index contributed by atoms with van der Waals surface area (Å²) in [5.41, 5.74) is 4.75. The van der Waals surface area contributed by atoms with Crippen molar-refractivity contribution >= 4 is 23.4 Å². The molecular weight excluding hydrogens is 430 g/mol. The van der Waals surface area contributed by atoms with Gasteiger partial charge >= 0.3 is 0 Å². The molecule has 0 saturated heterocycles. The minimum atomic E-state index is -1.44. The molecular formula is C21H17ClF2N4O3. The van der Waals surface area contributed by atoms with E-state index < -0.39 is 23.8 Å². The third-order valence-electron chi connectivity index (χ3n) is 5.27. The number of fused-ring (bicyclic) bond motifs is 1. The van der Waals surface area contributed by atoms with Gasteiger partial charge in [0.05, 0.1) is 17.4 Å². The first kappa shape index (κ1) is 21.0. The van der Waals surface area contributed by atoms with E-state index in [0.29, 0.717) is 12.0 Å². The number of aliphatic imine (C=N–C) groups is 1. The van der Waals surface area contributed by atoms with Crippen molar-refractivity contribution in [3.8, 4) is 18.2 Å². The van der Waals surface area contributed by atoms with Gasteiger partial charge in [-0.15, -0.1) is 6.42 Å². The summed E-state index contributed by atoms with van der Waals surface area (Å²) in [6, 6.07) is 2.44. The summed E-state index contributed by atoms with van der Waals surface area (Å²) in [5.74, 6) is 0.953. The maximum absolute atomic E-state index is 14.6. The standard InChI is InChI=1S/C21H17ClF2N4O3/c1-2-3-30-18-9-26-15(8-27-18)16(29)6-11-4-13(19(22)14(24)5-11)21(10-23)12-7-17(12)31-20(25)28-21/h1,4-5,8-9,12,17H,3,6-7,10H2,(H2,25,28)/t12-,17+,21-/m1/s1. The Morgan fingerprint density at radius 1 is 1.42 bits per heavy atom. The summed E-state index contributed by atoms with van der Waals surface area (Å²) in [6.07, 6.45) is 7.65. The third kappa shape index (κ3) is 3.91. The Labute approximate surface area is 181 Å². The van der Waals surface area contributed by atoms with Crippen LogP contribution in [0.2, 0.25) is 5.02 Å². The molecule has 1 aliphatic carbocycles. The number of benzene rings is 1. The van der Waals surface area contributed by atoms with Crippen LogP contribution in [0, 0.1) is 24.1 Å².